The number of aromatic nitrogens is 1. The van der Waals surface area contributed by atoms with E-state index in [9.17, 15) is 8.42 Å². The first kappa shape index (κ1) is 14.6. The standard InChI is InChI=1S/C14H14N4O2S2/c1-18-12-4-2-3-5-13(12)21-14(18)16-17-22(19,20)11-8-6-10(15)7-9-11/h2-9,17H,15H2,1H3. The lowest BCUT2D eigenvalue weighted by atomic mass is 10.3. The Balaban J connectivity index is 1.98. The lowest BCUT2D eigenvalue weighted by Crippen LogP contribution is -2.23. The van der Waals surface area contributed by atoms with Crippen LogP contribution in [0.3, 0.4) is 0 Å². The molecule has 3 rings (SSSR count). The van der Waals surface area contributed by atoms with Gasteiger partial charge in [-0.1, -0.05) is 23.5 Å². The van der Waals surface area contributed by atoms with E-state index in [1.165, 1.54) is 35.6 Å². The number of nitrogen functional groups attached to an aromatic ring is 1. The molecule has 0 unspecified atom stereocenters. The van der Waals surface area contributed by atoms with E-state index in [0.717, 1.165) is 10.2 Å². The monoisotopic (exact) mass is 334 g/mol. The molecule has 0 radical (unpaired) electrons. The second kappa shape index (κ2) is 5.47. The number of nitrogens with two attached hydrogens (primary N) is 1. The van der Waals surface area contributed by atoms with Crippen LogP contribution in [0.25, 0.3) is 10.2 Å². The average Bonchev–Trinajstić information content (AvgIpc) is 2.83. The number of hydrogen-bond donors (Lipinski definition) is 2. The fourth-order valence-corrected chi connectivity index (χ4v) is 3.83. The minimum absolute atomic E-state index is 0.120. The lowest BCUT2D eigenvalue weighted by Gasteiger charge is -2.03. The summed E-state index contributed by atoms with van der Waals surface area (Å²) in [5, 5.41) is 4.03. The Labute approximate surface area is 131 Å². The third-order valence-corrected chi connectivity index (χ3v) is 5.50. The van der Waals surface area contributed by atoms with Gasteiger partial charge in [0.15, 0.2) is 0 Å². The smallest absolute Gasteiger partial charge is 0.276 e. The number of anilines is 1. The van der Waals surface area contributed by atoms with Crippen LogP contribution in [0.4, 0.5) is 5.69 Å². The number of rotatable bonds is 3. The third kappa shape index (κ3) is 2.70. The van der Waals surface area contributed by atoms with Crippen molar-refractivity contribution in [3.05, 3.63) is 53.3 Å². The molecule has 22 heavy (non-hydrogen) atoms. The molecule has 3 aromatic rings. The maximum atomic E-state index is 12.2. The molecule has 8 heteroatoms. The predicted octanol–water partition coefficient (Wildman–Crippen LogP) is 1.62. The number of fused-ring (bicyclic) bond motifs is 1. The van der Waals surface area contributed by atoms with Crippen LogP contribution in [0.15, 0.2) is 58.5 Å². The van der Waals surface area contributed by atoms with Crippen molar-refractivity contribution in [2.45, 2.75) is 4.90 Å². The first-order valence-corrected chi connectivity index (χ1v) is 8.73. The zero-order valence-electron chi connectivity index (χ0n) is 11.7. The molecule has 0 spiro atoms. The Morgan fingerprint density at radius 2 is 1.82 bits per heavy atom. The molecule has 1 heterocycles. The zero-order chi connectivity index (χ0) is 15.7. The van der Waals surface area contributed by atoms with Crippen LogP contribution in [-0.4, -0.2) is 13.0 Å². The van der Waals surface area contributed by atoms with E-state index in [-0.39, 0.29) is 4.90 Å². The summed E-state index contributed by atoms with van der Waals surface area (Å²) >= 11 is 1.41. The number of benzene rings is 2. The Kier molecular flexibility index (Phi) is 3.63. The Bertz CT molecular complexity index is 986. The van der Waals surface area contributed by atoms with Gasteiger partial charge in [0.05, 0.1) is 15.1 Å². The zero-order valence-corrected chi connectivity index (χ0v) is 13.4. The number of nitrogens with zero attached hydrogens (tertiary/aromatic N) is 2. The maximum absolute atomic E-state index is 12.2. The van der Waals surface area contributed by atoms with Gasteiger partial charge in [-0.05, 0) is 36.4 Å². The second-order valence-electron chi connectivity index (χ2n) is 4.69. The summed E-state index contributed by atoms with van der Waals surface area (Å²) in [4.78, 5) is 2.95. The number of nitrogens with one attached hydrogen (secondary N) is 1. The van der Waals surface area contributed by atoms with E-state index in [0.29, 0.717) is 10.5 Å². The van der Waals surface area contributed by atoms with Crippen LogP contribution in [0.5, 0.6) is 0 Å². The number of aryl methyl sites for hydroxylation is 1. The van der Waals surface area contributed by atoms with Crippen molar-refractivity contribution < 1.29 is 8.42 Å². The molecular formula is C14H14N4O2S2. The summed E-state index contributed by atoms with van der Waals surface area (Å²) in [7, 11) is -1.87. The van der Waals surface area contributed by atoms with Crippen molar-refractivity contribution in [2.24, 2.45) is 12.1 Å². The summed E-state index contributed by atoms with van der Waals surface area (Å²) < 4.78 is 27.3. The van der Waals surface area contributed by atoms with Gasteiger partial charge in [0.1, 0.15) is 0 Å². The van der Waals surface area contributed by atoms with Gasteiger partial charge >= 0.3 is 0 Å². The summed E-state index contributed by atoms with van der Waals surface area (Å²) in [6.45, 7) is 0. The number of sulfonamides is 1. The van der Waals surface area contributed by atoms with Gasteiger partial charge in [-0.25, -0.2) is 0 Å². The number of para-hydroxylation sites is 1. The molecule has 0 saturated carbocycles. The highest BCUT2D eigenvalue weighted by Crippen LogP contribution is 2.15. The summed E-state index contributed by atoms with van der Waals surface area (Å²) in [5.41, 5.74) is 7.06. The van der Waals surface area contributed by atoms with E-state index >= 15 is 0 Å². The SMILES string of the molecule is Cn1c(=NNS(=O)(=O)c2ccc(N)cc2)sc2ccccc21. The lowest BCUT2D eigenvalue weighted by molar-refractivity contribution is 0.582. The van der Waals surface area contributed by atoms with Crippen LogP contribution in [0, 0.1) is 0 Å². The molecule has 114 valence electrons. The van der Waals surface area contributed by atoms with Crippen molar-refractivity contribution in [2.75, 3.05) is 5.73 Å². The van der Waals surface area contributed by atoms with Crippen molar-refractivity contribution in [3.63, 3.8) is 0 Å². The van der Waals surface area contributed by atoms with Gasteiger partial charge in [0.25, 0.3) is 10.0 Å². The van der Waals surface area contributed by atoms with Crippen LogP contribution in [-0.2, 0) is 17.1 Å². The van der Waals surface area contributed by atoms with Crippen molar-refractivity contribution in [3.8, 4) is 0 Å². The topological polar surface area (TPSA) is 89.5 Å². The minimum atomic E-state index is -3.71. The molecule has 1 aromatic heterocycles. The first-order valence-electron chi connectivity index (χ1n) is 6.43. The molecule has 0 aliphatic heterocycles. The van der Waals surface area contributed by atoms with Gasteiger partial charge in [0, 0.05) is 12.7 Å². The van der Waals surface area contributed by atoms with Gasteiger partial charge in [-0.2, -0.15) is 13.2 Å². The summed E-state index contributed by atoms with van der Waals surface area (Å²) in [6, 6.07) is 13.7. The quantitative estimate of drug-likeness (QED) is 0.563. The van der Waals surface area contributed by atoms with E-state index < -0.39 is 10.0 Å². The largest absolute Gasteiger partial charge is 0.399 e. The Hall–Kier alpha value is -2.32. The molecule has 6 nitrogen and oxygen atoms in total. The second-order valence-corrected chi connectivity index (χ2v) is 7.36. The Morgan fingerprint density at radius 1 is 1.14 bits per heavy atom. The molecule has 0 saturated heterocycles. The average molecular weight is 334 g/mol. The van der Waals surface area contributed by atoms with E-state index in [4.69, 9.17) is 5.73 Å². The highest BCUT2D eigenvalue weighted by Gasteiger charge is 2.12. The van der Waals surface area contributed by atoms with Gasteiger partial charge in [-0.15, -0.1) is 5.10 Å². The maximum Gasteiger partial charge on any atom is 0.276 e. The molecular weight excluding hydrogens is 320 g/mol. The van der Waals surface area contributed by atoms with Crippen LogP contribution < -0.4 is 15.4 Å². The number of thiazole rings is 1. The van der Waals surface area contributed by atoms with E-state index in [1.807, 2.05) is 35.9 Å². The fourth-order valence-electron chi connectivity index (χ4n) is 1.99. The fraction of sp³-hybridized carbons (Fsp3) is 0.0714. The molecule has 0 fully saturated rings. The van der Waals surface area contributed by atoms with E-state index in [2.05, 4.69) is 9.93 Å². The normalized spacial score (nSPS) is 12.7. The van der Waals surface area contributed by atoms with Crippen molar-refractivity contribution >= 4 is 37.3 Å². The number of hydrogen-bond acceptors (Lipinski definition) is 5. The van der Waals surface area contributed by atoms with Crippen LogP contribution in [0.1, 0.15) is 0 Å². The van der Waals surface area contributed by atoms with Crippen LogP contribution in [0.2, 0.25) is 0 Å². The highest BCUT2D eigenvalue weighted by atomic mass is 32.2. The molecule has 0 aliphatic rings. The molecule has 3 N–H and O–H groups in total. The molecule has 2 aromatic carbocycles. The highest BCUT2D eigenvalue weighted by molar-refractivity contribution is 7.89. The Morgan fingerprint density at radius 3 is 2.50 bits per heavy atom. The molecule has 0 aliphatic carbocycles. The van der Waals surface area contributed by atoms with Gasteiger partial charge in [0.2, 0.25) is 4.80 Å². The summed E-state index contributed by atoms with van der Waals surface area (Å²) in [5.74, 6) is 0. The van der Waals surface area contributed by atoms with E-state index in [1.54, 1.807) is 0 Å². The molecule has 0 atom stereocenters. The minimum Gasteiger partial charge on any atom is -0.399 e. The summed E-state index contributed by atoms with van der Waals surface area (Å²) in [6.07, 6.45) is 0. The van der Waals surface area contributed by atoms with Crippen LogP contribution >= 0.6 is 11.3 Å². The van der Waals surface area contributed by atoms with Crippen molar-refractivity contribution in [1.82, 2.24) is 9.40 Å². The molecule has 0 bridgehead atoms. The third-order valence-electron chi connectivity index (χ3n) is 3.17. The molecule has 0 amide bonds. The predicted molar refractivity (Wildman–Crippen MR) is 87.5 cm³/mol. The van der Waals surface area contributed by atoms with Crippen molar-refractivity contribution in [1.29, 1.82) is 0 Å². The van der Waals surface area contributed by atoms with Gasteiger partial charge in [-0.3, -0.25) is 0 Å². The van der Waals surface area contributed by atoms with Gasteiger partial charge < -0.3 is 10.3 Å². The first-order chi connectivity index (χ1) is 10.5.